The Bertz CT molecular complexity index is 1500. The van der Waals surface area contributed by atoms with Gasteiger partial charge in [0.1, 0.15) is 5.52 Å². The maximum Gasteiger partial charge on any atom is 0.335 e. The van der Waals surface area contributed by atoms with E-state index in [1.807, 2.05) is 64.5 Å². The summed E-state index contributed by atoms with van der Waals surface area (Å²) in [5.74, 6) is 0.532. The van der Waals surface area contributed by atoms with Crippen molar-refractivity contribution < 1.29 is 0 Å². The SMILES string of the molecule is Cc1nn(C)cc1Nc1nc(N)c2c(n1)n(C(C)C)c(=O)n2-c1ccc2cc[nH]c2c1. The van der Waals surface area contributed by atoms with Crippen molar-refractivity contribution in [3.05, 3.63) is 52.8 Å². The van der Waals surface area contributed by atoms with E-state index in [0.29, 0.717) is 22.8 Å². The number of aromatic nitrogens is 7. The van der Waals surface area contributed by atoms with Crippen LogP contribution in [-0.4, -0.2) is 33.9 Å². The van der Waals surface area contributed by atoms with Crippen LogP contribution in [0.3, 0.4) is 0 Å². The summed E-state index contributed by atoms with van der Waals surface area (Å²) in [5.41, 5.74) is 10.3. The Morgan fingerprint density at radius 2 is 2.00 bits per heavy atom. The van der Waals surface area contributed by atoms with Crippen LogP contribution in [0.15, 0.2) is 41.5 Å². The van der Waals surface area contributed by atoms with Crippen LogP contribution in [0.2, 0.25) is 0 Å². The summed E-state index contributed by atoms with van der Waals surface area (Å²) in [6.07, 6.45) is 3.70. The smallest absolute Gasteiger partial charge is 0.335 e. The number of imidazole rings is 1. The molecular formula is C21H23N9O. The number of aryl methyl sites for hydroxylation is 2. The third-order valence-corrected chi connectivity index (χ3v) is 5.31. The summed E-state index contributed by atoms with van der Waals surface area (Å²) in [4.78, 5) is 25.7. The minimum Gasteiger partial charge on any atom is -0.382 e. The van der Waals surface area contributed by atoms with E-state index in [9.17, 15) is 4.79 Å². The topological polar surface area (TPSA) is 124 Å². The van der Waals surface area contributed by atoms with Gasteiger partial charge in [0, 0.05) is 31.0 Å². The molecule has 31 heavy (non-hydrogen) atoms. The predicted octanol–water partition coefficient (Wildman–Crippen LogP) is 3.01. The van der Waals surface area contributed by atoms with Crippen molar-refractivity contribution in [2.24, 2.45) is 7.05 Å². The van der Waals surface area contributed by atoms with E-state index in [-0.39, 0.29) is 17.5 Å². The molecule has 0 bridgehead atoms. The number of aromatic amines is 1. The largest absolute Gasteiger partial charge is 0.382 e. The van der Waals surface area contributed by atoms with Gasteiger partial charge in [-0.25, -0.2) is 4.79 Å². The fraction of sp³-hybridized carbons (Fsp3) is 0.238. The van der Waals surface area contributed by atoms with Crippen molar-refractivity contribution in [2.45, 2.75) is 26.8 Å². The number of anilines is 3. The van der Waals surface area contributed by atoms with Crippen LogP contribution in [0, 0.1) is 6.92 Å². The van der Waals surface area contributed by atoms with Gasteiger partial charge in [-0.3, -0.25) is 13.8 Å². The van der Waals surface area contributed by atoms with Crippen molar-refractivity contribution >= 4 is 39.5 Å². The highest BCUT2D eigenvalue weighted by molar-refractivity contribution is 5.88. The minimum absolute atomic E-state index is 0.118. The normalized spacial score (nSPS) is 11.8. The number of rotatable bonds is 4. The monoisotopic (exact) mass is 417 g/mol. The van der Waals surface area contributed by atoms with Gasteiger partial charge >= 0.3 is 5.69 Å². The summed E-state index contributed by atoms with van der Waals surface area (Å²) in [7, 11) is 1.84. The zero-order valence-electron chi connectivity index (χ0n) is 17.7. The van der Waals surface area contributed by atoms with Crippen LogP contribution in [-0.2, 0) is 7.05 Å². The molecule has 0 spiro atoms. The molecule has 4 aromatic heterocycles. The van der Waals surface area contributed by atoms with Crippen molar-refractivity contribution in [3.63, 3.8) is 0 Å². The van der Waals surface area contributed by atoms with Gasteiger partial charge in [0.25, 0.3) is 0 Å². The summed E-state index contributed by atoms with van der Waals surface area (Å²) in [6.45, 7) is 5.77. The lowest BCUT2D eigenvalue weighted by atomic mass is 10.2. The summed E-state index contributed by atoms with van der Waals surface area (Å²) in [6, 6.07) is 7.64. The van der Waals surface area contributed by atoms with Gasteiger partial charge in [-0.1, -0.05) is 6.07 Å². The lowest BCUT2D eigenvalue weighted by molar-refractivity contribution is 0.586. The second kappa shape index (κ2) is 6.73. The molecule has 0 aliphatic rings. The molecule has 0 amide bonds. The molecule has 0 aliphatic heterocycles. The van der Waals surface area contributed by atoms with Gasteiger partial charge in [0.2, 0.25) is 5.95 Å². The Balaban J connectivity index is 1.74. The van der Waals surface area contributed by atoms with E-state index >= 15 is 0 Å². The Hall–Kier alpha value is -4.08. The molecule has 158 valence electrons. The standard InChI is InChI=1S/C21H23N9O/c1-11(2)29-19-17(18(22)25-20(26-19)24-16-10-28(4)27-12(16)3)30(21(29)31)14-6-5-13-7-8-23-15(13)9-14/h5-11,23H,1-4H3,(H3,22,24,25,26). The quantitative estimate of drug-likeness (QED) is 0.413. The van der Waals surface area contributed by atoms with Crippen LogP contribution < -0.4 is 16.7 Å². The van der Waals surface area contributed by atoms with E-state index in [0.717, 1.165) is 22.3 Å². The molecule has 10 nitrogen and oxygen atoms in total. The maximum atomic E-state index is 13.4. The first-order valence-electron chi connectivity index (χ1n) is 9.98. The van der Waals surface area contributed by atoms with Gasteiger partial charge < -0.3 is 16.0 Å². The average Bonchev–Trinajstić information content (AvgIpc) is 3.36. The van der Waals surface area contributed by atoms with Gasteiger partial charge in [-0.15, -0.1) is 0 Å². The van der Waals surface area contributed by atoms with Crippen LogP contribution in [0.5, 0.6) is 0 Å². The van der Waals surface area contributed by atoms with Crippen molar-refractivity contribution in [3.8, 4) is 5.69 Å². The Labute approximate surface area is 177 Å². The molecule has 0 aliphatic carbocycles. The van der Waals surface area contributed by atoms with Gasteiger partial charge in [-0.05, 0) is 44.4 Å². The van der Waals surface area contributed by atoms with Gasteiger partial charge in [-0.2, -0.15) is 15.1 Å². The fourth-order valence-electron chi connectivity index (χ4n) is 3.91. The van der Waals surface area contributed by atoms with Crippen molar-refractivity contribution in [1.82, 2.24) is 33.9 Å². The zero-order chi connectivity index (χ0) is 21.9. The molecule has 0 unspecified atom stereocenters. The number of fused-ring (bicyclic) bond motifs is 2. The van der Waals surface area contributed by atoms with E-state index in [4.69, 9.17) is 5.73 Å². The second-order valence-electron chi connectivity index (χ2n) is 7.86. The molecule has 5 rings (SSSR count). The number of benzene rings is 1. The van der Waals surface area contributed by atoms with Crippen LogP contribution in [0.25, 0.3) is 27.8 Å². The maximum absolute atomic E-state index is 13.4. The molecule has 10 heteroatoms. The highest BCUT2D eigenvalue weighted by atomic mass is 16.1. The van der Waals surface area contributed by atoms with Crippen LogP contribution in [0.4, 0.5) is 17.5 Å². The van der Waals surface area contributed by atoms with Gasteiger partial charge in [0.15, 0.2) is 11.5 Å². The molecule has 0 saturated carbocycles. The Morgan fingerprint density at radius 3 is 2.71 bits per heavy atom. The molecule has 0 atom stereocenters. The minimum atomic E-state index is -0.216. The summed E-state index contributed by atoms with van der Waals surface area (Å²) >= 11 is 0. The van der Waals surface area contributed by atoms with Crippen LogP contribution in [0.1, 0.15) is 25.6 Å². The fourth-order valence-corrected chi connectivity index (χ4v) is 3.91. The number of H-pyrrole nitrogens is 1. The van der Waals surface area contributed by atoms with E-state index in [2.05, 4.69) is 25.4 Å². The van der Waals surface area contributed by atoms with Crippen LogP contribution >= 0.6 is 0 Å². The van der Waals surface area contributed by atoms with Crippen molar-refractivity contribution in [1.29, 1.82) is 0 Å². The predicted molar refractivity (Wildman–Crippen MR) is 121 cm³/mol. The number of hydrogen-bond donors (Lipinski definition) is 3. The van der Waals surface area contributed by atoms with E-state index in [1.54, 1.807) is 13.8 Å². The Kier molecular flexibility index (Phi) is 4.10. The molecule has 4 heterocycles. The first-order valence-corrected chi connectivity index (χ1v) is 9.98. The second-order valence-corrected chi connectivity index (χ2v) is 7.86. The number of nitrogens with zero attached hydrogens (tertiary/aromatic N) is 6. The highest BCUT2D eigenvalue weighted by Gasteiger charge is 2.22. The molecule has 1 aromatic carbocycles. The lowest BCUT2D eigenvalue weighted by Gasteiger charge is -2.09. The summed E-state index contributed by atoms with van der Waals surface area (Å²) in [5, 5.41) is 8.55. The number of nitrogen functional groups attached to an aromatic ring is 1. The van der Waals surface area contributed by atoms with E-state index < -0.39 is 0 Å². The number of nitrogens with one attached hydrogen (secondary N) is 2. The Morgan fingerprint density at radius 1 is 1.19 bits per heavy atom. The first-order chi connectivity index (χ1) is 14.8. The first kappa shape index (κ1) is 18.9. The third-order valence-electron chi connectivity index (χ3n) is 5.31. The number of hydrogen-bond acceptors (Lipinski definition) is 6. The number of nitrogens with two attached hydrogens (primary N) is 1. The molecule has 5 aromatic rings. The summed E-state index contributed by atoms with van der Waals surface area (Å²) < 4.78 is 4.91. The average molecular weight is 417 g/mol. The van der Waals surface area contributed by atoms with Gasteiger partial charge in [0.05, 0.1) is 17.1 Å². The molecule has 0 fully saturated rings. The molecule has 4 N–H and O–H groups in total. The third kappa shape index (κ3) is 2.95. The molecule has 0 radical (unpaired) electrons. The zero-order valence-corrected chi connectivity index (χ0v) is 17.7. The molecule has 0 saturated heterocycles. The van der Waals surface area contributed by atoms with Crippen molar-refractivity contribution in [2.75, 3.05) is 11.1 Å². The van der Waals surface area contributed by atoms with E-state index in [1.165, 1.54) is 0 Å². The highest BCUT2D eigenvalue weighted by Crippen LogP contribution is 2.27. The lowest BCUT2D eigenvalue weighted by Crippen LogP contribution is -2.24. The molecular weight excluding hydrogens is 394 g/mol.